The van der Waals surface area contributed by atoms with Crippen molar-refractivity contribution < 1.29 is 27.9 Å². The Balaban J connectivity index is 2.46. The molecule has 8 heteroatoms. The van der Waals surface area contributed by atoms with Gasteiger partial charge in [-0.05, 0) is 12.1 Å². The average Bonchev–Trinajstić information content (AvgIpc) is 2.25. The second-order valence-corrected chi connectivity index (χ2v) is 4.02. The van der Waals surface area contributed by atoms with E-state index in [4.69, 9.17) is 5.11 Å². The predicted octanol–water partition coefficient (Wildman–Crippen LogP) is 1.71. The summed E-state index contributed by atoms with van der Waals surface area (Å²) in [6, 6.07) is 3.90. The van der Waals surface area contributed by atoms with E-state index in [0.717, 1.165) is 4.90 Å². The van der Waals surface area contributed by atoms with Gasteiger partial charge in [-0.1, -0.05) is 6.07 Å². The first-order valence-corrected chi connectivity index (χ1v) is 5.26. The summed E-state index contributed by atoms with van der Waals surface area (Å²) in [4.78, 5) is 23.2. The van der Waals surface area contributed by atoms with Crippen LogP contribution in [-0.4, -0.2) is 36.2 Å². The lowest BCUT2D eigenvalue weighted by molar-refractivity contribution is -0.122. The summed E-state index contributed by atoms with van der Waals surface area (Å²) in [6.45, 7) is -1.77. The number of nitrogens with one attached hydrogen (secondary N) is 1. The first-order valence-electron chi connectivity index (χ1n) is 5.26. The highest BCUT2D eigenvalue weighted by Gasteiger charge is 2.35. The zero-order valence-electron chi connectivity index (χ0n) is 9.49. The van der Waals surface area contributed by atoms with E-state index in [1.54, 1.807) is 0 Å². The highest BCUT2D eigenvalue weighted by Crippen LogP contribution is 2.34. The largest absolute Gasteiger partial charge is 0.478 e. The lowest BCUT2D eigenvalue weighted by Gasteiger charge is -2.32. The third-order valence-corrected chi connectivity index (χ3v) is 2.58. The number of nitrogens with zero attached hydrogens (tertiary/aromatic N) is 1. The number of amides is 1. The van der Waals surface area contributed by atoms with E-state index in [2.05, 4.69) is 5.32 Å². The molecule has 102 valence electrons. The Labute approximate surface area is 105 Å². The second-order valence-electron chi connectivity index (χ2n) is 4.02. The topological polar surface area (TPSA) is 69.6 Å². The maximum Gasteiger partial charge on any atom is 0.405 e. The van der Waals surface area contributed by atoms with Gasteiger partial charge in [-0.3, -0.25) is 4.79 Å². The lowest BCUT2D eigenvalue weighted by Crippen LogP contribution is -2.43. The van der Waals surface area contributed by atoms with Gasteiger partial charge in [0.2, 0.25) is 5.91 Å². The fourth-order valence-corrected chi connectivity index (χ4v) is 1.91. The molecule has 19 heavy (non-hydrogen) atoms. The molecule has 2 rings (SSSR count). The number of hydrogen-bond acceptors (Lipinski definition) is 3. The van der Waals surface area contributed by atoms with E-state index in [1.165, 1.54) is 18.2 Å². The maximum absolute atomic E-state index is 12.4. The smallest absolute Gasteiger partial charge is 0.405 e. The number of aromatic carboxylic acids is 1. The van der Waals surface area contributed by atoms with Crippen molar-refractivity contribution in [2.75, 3.05) is 23.3 Å². The van der Waals surface area contributed by atoms with E-state index >= 15 is 0 Å². The van der Waals surface area contributed by atoms with Gasteiger partial charge >= 0.3 is 12.1 Å². The number of carboxylic acid groups (broad SMARTS) is 1. The molecule has 1 aliphatic rings. The van der Waals surface area contributed by atoms with Crippen molar-refractivity contribution >= 4 is 23.3 Å². The van der Waals surface area contributed by atoms with Crippen LogP contribution < -0.4 is 10.2 Å². The van der Waals surface area contributed by atoms with Crippen molar-refractivity contribution in [2.45, 2.75) is 6.18 Å². The summed E-state index contributed by atoms with van der Waals surface area (Å²) in [5, 5.41) is 11.3. The minimum Gasteiger partial charge on any atom is -0.478 e. The number of rotatable bonds is 2. The first kappa shape index (κ1) is 13.2. The third kappa shape index (κ3) is 2.78. The third-order valence-electron chi connectivity index (χ3n) is 2.58. The van der Waals surface area contributed by atoms with Crippen LogP contribution in [0.1, 0.15) is 10.4 Å². The van der Waals surface area contributed by atoms with Crippen molar-refractivity contribution in [2.24, 2.45) is 0 Å². The SMILES string of the molecule is O=C1CN(CC(F)(F)F)c2cccc(C(=O)O)c2N1. The number of hydrogen-bond donors (Lipinski definition) is 2. The van der Waals surface area contributed by atoms with E-state index in [9.17, 15) is 22.8 Å². The highest BCUT2D eigenvalue weighted by molar-refractivity contribution is 6.08. The molecule has 0 spiro atoms. The second kappa shape index (κ2) is 4.45. The van der Waals surface area contributed by atoms with Gasteiger partial charge in [0.05, 0.1) is 23.5 Å². The van der Waals surface area contributed by atoms with Crippen molar-refractivity contribution in [3.05, 3.63) is 23.8 Å². The van der Waals surface area contributed by atoms with Gasteiger partial charge in [0.25, 0.3) is 0 Å². The molecule has 1 aliphatic heterocycles. The number of anilines is 2. The Hall–Kier alpha value is -2.25. The number of para-hydroxylation sites is 1. The number of carbonyl (C=O) groups is 2. The Bertz CT molecular complexity index is 542. The van der Waals surface area contributed by atoms with Crippen LogP contribution in [0.4, 0.5) is 24.5 Å². The Kier molecular flexibility index (Phi) is 3.09. The molecule has 0 aliphatic carbocycles. The molecule has 1 aromatic carbocycles. The molecule has 1 aromatic rings. The number of fused-ring (bicyclic) bond motifs is 1. The molecular weight excluding hydrogens is 265 g/mol. The molecule has 2 N–H and O–H groups in total. The molecule has 1 amide bonds. The molecule has 0 fully saturated rings. The van der Waals surface area contributed by atoms with E-state index in [1.807, 2.05) is 0 Å². The summed E-state index contributed by atoms with van der Waals surface area (Å²) in [5.74, 6) is -1.99. The predicted molar refractivity (Wildman–Crippen MR) is 60.3 cm³/mol. The van der Waals surface area contributed by atoms with Crippen LogP contribution >= 0.6 is 0 Å². The molecule has 1 heterocycles. The Morgan fingerprint density at radius 2 is 2.11 bits per heavy atom. The molecule has 0 radical (unpaired) electrons. The molecular formula is C11H9F3N2O3. The Morgan fingerprint density at radius 1 is 1.42 bits per heavy atom. The maximum atomic E-state index is 12.4. The van der Waals surface area contributed by atoms with Gasteiger partial charge in [-0.15, -0.1) is 0 Å². The fourth-order valence-electron chi connectivity index (χ4n) is 1.91. The van der Waals surface area contributed by atoms with Crippen LogP contribution in [0, 0.1) is 0 Å². The molecule has 0 aromatic heterocycles. The van der Waals surface area contributed by atoms with Crippen molar-refractivity contribution in [3.63, 3.8) is 0 Å². The number of halogens is 3. The molecule has 0 bridgehead atoms. The molecule has 0 saturated carbocycles. The summed E-state index contributed by atoms with van der Waals surface area (Å²) in [6.07, 6.45) is -4.48. The molecule has 0 unspecified atom stereocenters. The zero-order valence-corrected chi connectivity index (χ0v) is 9.49. The fraction of sp³-hybridized carbons (Fsp3) is 0.273. The lowest BCUT2D eigenvalue weighted by atomic mass is 10.1. The minimum atomic E-state index is -4.48. The van der Waals surface area contributed by atoms with Gasteiger partial charge in [0.15, 0.2) is 0 Å². The number of benzene rings is 1. The standard InChI is InChI=1S/C11H9F3N2O3/c12-11(13,14)5-16-4-8(17)15-9-6(10(18)19)2-1-3-7(9)16/h1-3H,4-5H2,(H,15,17)(H,18,19). The van der Waals surface area contributed by atoms with Crippen LogP contribution in [0.15, 0.2) is 18.2 Å². The van der Waals surface area contributed by atoms with Crippen LogP contribution in [0.5, 0.6) is 0 Å². The van der Waals surface area contributed by atoms with Crippen LogP contribution in [-0.2, 0) is 4.79 Å². The van der Waals surface area contributed by atoms with Gasteiger partial charge < -0.3 is 15.3 Å². The minimum absolute atomic E-state index is 0.0526. The average molecular weight is 274 g/mol. The van der Waals surface area contributed by atoms with E-state index in [-0.39, 0.29) is 16.9 Å². The summed E-state index contributed by atoms with van der Waals surface area (Å²) in [7, 11) is 0. The van der Waals surface area contributed by atoms with Crippen molar-refractivity contribution in [3.8, 4) is 0 Å². The molecule has 0 atom stereocenters. The number of alkyl halides is 3. The molecule has 5 nitrogen and oxygen atoms in total. The van der Waals surface area contributed by atoms with Gasteiger partial charge in [-0.2, -0.15) is 13.2 Å². The monoisotopic (exact) mass is 274 g/mol. The van der Waals surface area contributed by atoms with Crippen molar-refractivity contribution in [1.82, 2.24) is 0 Å². The molecule has 0 saturated heterocycles. The normalized spacial score (nSPS) is 14.9. The summed E-state index contributed by atoms with van der Waals surface area (Å²) in [5.41, 5.74) is -0.287. The number of carbonyl (C=O) groups excluding carboxylic acids is 1. The summed E-state index contributed by atoms with van der Waals surface area (Å²) >= 11 is 0. The van der Waals surface area contributed by atoms with Crippen LogP contribution in [0.3, 0.4) is 0 Å². The Morgan fingerprint density at radius 3 is 2.68 bits per heavy atom. The summed E-state index contributed by atoms with van der Waals surface area (Å²) < 4.78 is 37.3. The van der Waals surface area contributed by atoms with E-state index in [0.29, 0.717) is 0 Å². The number of carboxylic acids is 1. The van der Waals surface area contributed by atoms with Crippen LogP contribution in [0.2, 0.25) is 0 Å². The van der Waals surface area contributed by atoms with Crippen molar-refractivity contribution in [1.29, 1.82) is 0 Å². The van der Waals surface area contributed by atoms with Gasteiger partial charge in [0.1, 0.15) is 6.54 Å². The zero-order chi connectivity index (χ0) is 14.2. The quantitative estimate of drug-likeness (QED) is 0.861. The first-order chi connectivity index (χ1) is 8.78. The van der Waals surface area contributed by atoms with Gasteiger partial charge in [0, 0.05) is 0 Å². The van der Waals surface area contributed by atoms with Gasteiger partial charge in [-0.25, -0.2) is 4.79 Å². The van der Waals surface area contributed by atoms with E-state index < -0.39 is 31.1 Å². The van der Waals surface area contributed by atoms with Crippen LogP contribution in [0.25, 0.3) is 0 Å². The highest BCUT2D eigenvalue weighted by atomic mass is 19.4.